The number of anilines is 2. The monoisotopic (exact) mass is 277 g/mol. The van der Waals surface area contributed by atoms with Gasteiger partial charge < -0.3 is 15.1 Å². The van der Waals surface area contributed by atoms with Crippen LogP contribution in [-0.4, -0.2) is 54.0 Å². The molecule has 0 saturated carbocycles. The van der Waals surface area contributed by atoms with Crippen LogP contribution in [0.4, 0.5) is 11.8 Å². The molecule has 20 heavy (non-hydrogen) atoms. The summed E-state index contributed by atoms with van der Waals surface area (Å²) in [5.41, 5.74) is 0.895. The maximum Gasteiger partial charge on any atom is 0.242 e. The molecular formula is C14H23N5O. The lowest BCUT2D eigenvalue weighted by Gasteiger charge is -2.22. The summed E-state index contributed by atoms with van der Waals surface area (Å²) in [6, 6.07) is 1.90. The van der Waals surface area contributed by atoms with Gasteiger partial charge in [0.1, 0.15) is 5.82 Å². The topological polar surface area (TPSA) is 61.4 Å². The Bertz CT molecular complexity index is 471. The van der Waals surface area contributed by atoms with E-state index < -0.39 is 0 Å². The third-order valence-corrected chi connectivity index (χ3v) is 3.40. The number of rotatable bonds is 5. The van der Waals surface area contributed by atoms with E-state index in [1.165, 1.54) is 0 Å². The molecule has 0 aliphatic carbocycles. The lowest BCUT2D eigenvalue weighted by atomic mass is 10.4. The highest BCUT2D eigenvalue weighted by molar-refractivity contribution is 5.81. The standard InChI is InChI=1S/C14H23N5O/c1-4-15-14-16-11(2)9-12(17-14)18(3)10-13(20)19-7-5-6-8-19/h9H,4-8,10H2,1-3H3,(H,15,16,17). The number of hydrogen-bond acceptors (Lipinski definition) is 5. The molecular weight excluding hydrogens is 254 g/mol. The molecule has 1 aliphatic rings. The van der Waals surface area contributed by atoms with Crippen molar-refractivity contribution in [3.63, 3.8) is 0 Å². The second kappa shape index (κ2) is 6.54. The molecule has 1 amide bonds. The average molecular weight is 277 g/mol. The van der Waals surface area contributed by atoms with E-state index in [4.69, 9.17) is 0 Å². The molecule has 110 valence electrons. The van der Waals surface area contributed by atoms with Crippen molar-refractivity contribution in [2.45, 2.75) is 26.7 Å². The second-order valence-corrected chi connectivity index (χ2v) is 5.17. The number of likely N-dealkylation sites (tertiary alicyclic amines) is 1. The molecule has 2 heterocycles. The number of nitrogens with zero attached hydrogens (tertiary/aromatic N) is 4. The summed E-state index contributed by atoms with van der Waals surface area (Å²) in [6.45, 7) is 6.85. The maximum atomic E-state index is 12.1. The van der Waals surface area contributed by atoms with Crippen molar-refractivity contribution >= 4 is 17.7 Å². The Morgan fingerprint density at radius 1 is 1.40 bits per heavy atom. The second-order valence-electron chi connectivity index (χ2n) is 5.17. The number of amides is 1. The molecule has 0 bridgehead atoms. The van der Waals surface area contributed by atoms with Gasteiger partial charge in [-0.05, 0) is 26.7 Å². The third-order valence-electron chi connectivity index (χ3n) is 3.40. The van der Waals surface area contributed by atoms with Crippen LogP contribution in [0.1, 0.15) is 25.5 Å². The Kier molecular flexibility index (Phi) is 4.76. The third kappa shape index (κ3) is 3.59. The number of aromatic nitrogens is 2. The molecule has 1 aromatic rings. The molecule has 6 nitrogen and oxygen atoms in total. The number of nitrogens with one attached hydrogen (secondary N) is 1. The minimum atomic E-state index is 0.172. The van der Waals surface area contributed by atoms with Gasteiger partial charge in [-0.3, -0.25) is 4.79 Å². The predicted molar refractivity (Wildman–Crippen MR) is 80.0 cm³/mol. The van der Waals surface area contributed by atoms with Crippen molar-refractivity contribution in [2.75, 3.05) is 43.4 Å². The van der Waals surface area contributed by atoms with Crippen LogP contribution < -0.4 is 10.2 Å². The van der Waals surface area contributed by atoms with Gasteiger partial charge in [-0.2, -0.15) is 4.98 Å². The van der Waals surface area contributed by atoms with Crippen molar-refractivity contribution in [1.29, 1.82) is 0 Å². The molecule has 0 unspecified atom stereocenters. The smallest absolute Gasteiger partial charge is 0.242 e. The zero-order valence-corrected chi connectivity index (χ0v) is 12.5. The van der Waals surface area contributed by atoms with Crippen LogP contribution in [0.2, 0.25) is 0 Å². The fourth-order valence-corrected chi connectivity index (χ4v) is 2.34. The first kappa shape index (κ1) is 14.6. The zero-order valence-electron chi connectivity index (χ0n) is 12.5. The summed E-state index contributed by atoms with van der Waals surface area (Å²) < 4.78 is 0. The van der Waals surface area contributed by atoms with E-state index in [1.807, 2.05) is 36.8 Å². The van der Waals surface area contributed by atoms with Gasteiger partial charge in [0.2, 0.25) is 11.9 Å². The van der Waals surface area contributed by atoms with Crippen molar-refractivity contribution in [2.24, 2.45) is 0 Å². The average Bonchev–Trinajstić information content (AvgIpc) is 2.92. The van der Waals surface area contributed by atoms with Gasteiger partial charge in [0.05, 0.1) is 6.54 Å². The molecule has 1 aliphatic heterocycles. The van der Waals surface area contributed by atoms with Crippen LogP contribution in [0.5, 0.6) is 0 Å². The minimum absolute atomic E-state index is 0.172. The summed E-state index contributed by atoms with van der Waals surface area (Å²) in [5, 5.41) is 3.11. The van der Waals surface area contributed by atoms with Gasteiger partial charge in [0, 0.05) is 38.4 Å². The molecule has 2 rings (SSSR count). The SMILES string of the molecule is CCNc1nc(C)cc(N(C)CC(=O)N2CCCC2)n1. The number of carbonyl (C=O) groups excluding carboxylic acids is 1. The summed E-state index contributed by atoms with van der Waals surface area (Å²) in [7, 11) is 1.89. The van der Waals surface area contributed by atoms with Crippen LogP contribution in [0, 0.1) is 6.92 Å². The van der Waals surface area contributed by atoms with Gasteiger partial charge in [-0.1, -0.05) is 0 Å². The Morgan fingerprint density at radius 3 is 2.75 bits per heavy atom. The van der Waals surface area contributed by atoms with Crippen LogP contribution in [0.25, 0.3) is 0 Å². The van der Waals surface area contributed by atoms with Crippen LogP contribution in [0.15, 0.2) is 6.07 Å². The largest absolute Gasteiger partial charge is 0.354 e. The van der Waals surface area contributed by atoms with Gasteiger partial charge >= 0.3 is 0 Å². The lowest BCUT2D eigenvalue weighted by Crippen LogP contribution is -2.37. The fraction of sp³-hybridized carbons (Fsp3) is 0.643. The van der Waals surface area contributed by atoms with E-state index in [-0.39, 0.29) is 5.91 Å². The minimum Gasteiger partial charge on any atom is -0.354 e. The van der Waals surface area contributed by atoms with E-state index in [1.54, 1.807) is 0 Å². The predicted octanol–water partition coefficient (Wildman–Crippen LogP) is 1.28. The van der Waals surface area contributed by atoms with Crippen LogP contribution >= 0.6 is 0 Å². The number of aryl methyl sites for hydroxylation is 1. The first-order chi connectivity index (χ1) is 9.60. The Hall–Kier alpha value is -1.85. The quantitative estimate of drug-likeness (QED) is 0.878. The molecule has 0 spiro atoms. The zero-order chi connectivity index (χ0) is 14.5. The molecule has 0 atom stereocenters. The van der Waals surface area contributed by atoms with E-state index >= 15 is 0 Å². The van der Waals surface area contributed by atoms with Gasteiger partial charge in [0.25, 0.3) is 0 Å². The van der Waals surface area contributed by atoms with Crippen molar-refractivity contribution in [1.82, 2.24) is 14.9 Å². The summed E-state index contributed by atoms with van der Waals surface area (Å²) in [5.74, 6) is 1.57. The normalized spacial score (nSPS) is 14.4. The number of carbonyl (C=O) groups is 1. The molecule has 6 heteroatoms. The summed E-state index contributed by atoms with van der Waals surface area (Å²) >= 11 is 0. The molecule has 1 N–H and O–H groups in total. The summed E-state index contributed by atoms with van der Waals surface area (Å²) in [6.07, 6.45) is 2.24. The van der Waals surface area contributed by atoms with E-state index in [0.717, 1.165) is 44.0 Å². The highest BCUT2D eigenvalue weighted by Gasteiger charge is 2.19. The van der Waals surface area contributed by atoms with Crippen molar-refractivity contribution < 1.29 is 4.79 Å². The number of hydrogen-bond donors (Lipinski definition) is 1. The number of likely N-dealkylation sites (N-methyl/N-ethyl adjacent to an activating group) is 1. The Morgan fingerprint density at radius 2 is 2.10 bits per heavy atom. The highest BCUT2D eigenvalue weighted by Crippen LogP contribution is 2.14. The van der Waals surface area contributed by atoms with Crippen LogP contribution in [0.3, 0.4) is 0 Å². The molecule has 1 saturated heterocycles. The lowest BCUT2D eigenvalue weighted by molar-refractivity contribution is -0.128. The molecule has 1 fully saturated rings. The van der Waals surface area contributed by atoms with Gasteiger partial charge in [-0.25, -0.2) is 4.98 Å². The Balaban J connectivity index is 2.04. The molecule has 0 radical (unpaired) electrons. The van der Waals surface area contributed by atoms with Gasteiger partial charge in [-0.15, -0.1) is 0 Å². The highest BCUT2D eigenvalue weighted by atomic mass is 16.2. The fourth-order valence-electron chi connectivity index (χ4n) is 2.34. The first-order valence-corrected chi connectivity index (χ1v) is 7.18. The molecule has 1 aromatic heterocycles. The van der Waals surface area contributed by atoms with Crippen molar-refractivity contribution in [3.05, 3.63) is 11.8 Å². The Labute approximate surface area is 120 Å². The van der Waals surface area contributed by atoms with Gasteiger partial charge in [0.15, 0.2) is 0 Å². The first-order valence-electron chi connectivity index (χ1n) is 7.18. The molecule has 0 aromatic carbocycles. The van der Waals surface area contributed by atoms with Crippen LogP contribution in [-0.2, 0) is 4.79 Å². The van der Waals surface area contributed by atoms with E-state index in [0.29, 0.717) is 12.5 Å². The van der Waals surface area contributed by atoms with E-state index in [2.05, 4.69) is 15.3 Å². The van der Waals surface area contributed by atoms with Crippen molar-refractivity contribution in [3.8, 4) is 0 Å². The summed E-state index contributed by atoms with van der Waals surface area (Å²) in [4.78, 5) is 24.7. The van der Waals surface area contributed by atoms with E-state index in [9.17, 15) is 4.79 Å². The maximum absolute atomic E-state index is 12.1.